The third kappa shape index (κ3) is 8.71. The number of thioether (sulfide) groups is 1. The van der Waals surface area contributed by atoms with Crippen molar-refractivity contribution in [3.63, 3.8) is 0 Å². The van der Waals surface area contributed by atoms with Gasteiger partial charge in [-0.3, -0.25) is 4.98 Å². The predicted molar refractivity (Wildman–Crippen MR) is 145 cm³/mol. The Hall–Kier alpha value is -2.57. The van der Waals surface area contributed by atoms with E-state index in [4.69, 9.17) is 9.90 Å². The molecule has 0 atom stereocenters. The monoisotopic (exact) mass is 469 g/mol. The van der Waals surface area contributed by atoms with Crippen molar-refractivity contribution in [2.24, 2.45) is 5.41 Å². The zero-order chi connectivity index (χ0) is 25.2. The highest BCUT2D eigenvalue weighted by atomic mass is 32.2. The molecule has 6 heteroatoms. The summed E-state index contributed by atoms with van der Waals surface area (Å²) in [4.78, 5) is 13.9. The van der Waals surface area contributed by atoms with Gasteiger partial charge < -0.3 is 20.5 Å². The van der Waals surface area contributed by atoms with Crippen LogP contribution in [0.3, 0.4) is 0 Å². The Balaban J connectivity index is 0.000000529. The van der Waals surface area contributed by atoms with Crippen LogP contribution in [-0.2, 0) is 4.79 Å². The fourth-order valence-electron chi connectivity index (χ4n) is 3.27. The zero-order valence-corrected chi connectivity index (χ0v) is 22.1. The molecule has 0 saturated carbocycles. The van der Waals surface area contributed by atoms with E-state index in [1.54, 1.807) is 0 Å². The topological polar surface area (TPSA) is 74.2 Å². The molecule has 5 nitrogen and oxygen atoms in total. The number of hydrogen-bond acceptors (Lipinski definition) is 6. The number of rotatable bonds is 3. The van der Waals surface area contributed by atoms with Gasteiger partial charge in [-0.05, 0) is 65.8 Å². The number of aryl methyl sites for hydroxylation is 1. The predicted octanol–water partition coefficient (Wildman–Crippen LogP) is 7.36. The molecule has 2 heterocycles. The van der Waals surface area contributed by atoms with Crippen molar-refractivity contribution >= 4 is 46.5 Å². The number of benzene rings is 2. The molecule has 3 N–H and O–H groups in total. The summed E-state index contributed by atoms with van der Waals surface area (Å²) in [5.41, 5.74) is 7.64. The molecule has 4 rings (SSSR count). The number of aromatic nitrogens is 1. The Labute approximate surface area is 203 Å². The second-order valence-electron chi connectivity index (χ2n) is 9.54. The Morgan fingerprint density at radius 3 is 2.33 bits per heavy atom. The van der Waals surface area contributed by atoms with Crippen molar-refractivity contribution in [3.05, 3.63) is 53.7 Å². The van der Waals surface area contributed by atoms with Crippen LogP contribution in [0.1, 0.15) is 58.6 Å². The molecule has 180 valence electrons. The van der Waals surface area contributed by atoms with Gasteiger partial charge in [0.2, 0.25) is 0 Å². The Bertz CT molecular complexity index is 1020. The minimum absolute atomic E-state index is 0.500. The van der Waals surface area contributed by atoms with Crippen molar-refractivity contribution in [1.82, 2.24) is 4.98 Å². The summed E-state index contributed by atoms with van der Waals surface area (Å²) in [5, 5.41) is 15.1. The number of carbonyl (C=O) groups is 1. The van der Waals surface area contributed by atoms with Crippen LogP contribution in [0.5, 0.6) is 0 Å². The average Bonchev–Trinajstić information content (AvgIpc) is 3.23. The van der Waals surface area contributed by atoms with E-state index in [1.807, 2.05) is 30.8 Å². The fourth-order valence-corrected chi connectivity index (χ4v) is 4.10. The lowest BCUT2D eigenvalue weighted by atomic mass is 9.95. The van der Waals surface area contributed by atoms with E-state index in [2.05, 4.69) is 94.4 Å². The smallest absolute Gasteiger partial charge is 0.106 e. The van der Waals surface area contributed by atoms with Gasteiger partial charge in [0.05, 0.1) is 17.1 Å². The number of aliphatic hydroxyl groups is 1. The van der Waals surface area contributed by atoms with Crippen molar-refractivity contribution in [1.29, 1.82) is 0 Å². The first-order chi connectivity index (χ1) is 15.6. The minimum Gasteiger partial charge on any atom is -0.400 e. The highest BCUT2D eigenvalue weighted by molar-refractivity contribution is 7.99. The average molecular weight is 470 g/mol. The van der Waals surface area contributed by atoms with Gasteiger partial charge >= 0.3 is 0 Å². The lowest BCUT2D eigenvalue weighted by molar-refractivity contribution is -0.0979. The van der Waals surface area contributed by atoms with E-state index < -0.39 is 0 Å². The number of aliphatic hydroxyl groups excluding tert-OH is 1. The van der Waals surface area contributed by atoms with Crippen LogP contribution >= 0.6 is 11.8 Å². The maximum atomic E-state index is 8.00. The summed E-state index contributed by atoms with van der Waals surface area (Å²) in [6, 6.07) is 13.0. The molecule has 0 fully saturated rings. The molecule has 2 aromatic carbocycles. The number of nitrogens with one attached hydrogen (secondary N) is 2. The first-order valence-corrected chi connectivity index (χ1v) is 12.0. The number of pyridine rings is 1. The number of nitrogens with zero attached hydrogens (tertiary/aromatic N) is 1. The maximum Gasteiger partial charge on any atom is 0.106 e. The van der Waals surface area contributed by atoms with Crippen LogP contribution in [-0.4, -0.2) is 29.9 Å². The van der Waals surface area contributed by atoms with Gasteiger partial charge in [-0.2, -0.15) is 0 Å². The molecule has 1 aliphatic rings. The number of fused-ring (bicyclic) bond motifs is 2. The summed E-state index contributed by atoms with van der Waals surface area (Å²) in [6.45, 7) is 17.4. The van der Waals surface area contributed by atoms with Gasteiger partial charge in [0.25, 0.3) is 0 Å². The van der Waals surface area contributed by atoms with Gasteiger partial charge in [-0.25, -0.2) is 0 Å². The molecule has 0 radical (unpaired) electrons. The van der Waals surface area contributed by atoms with Gasteiger partial charge in [0.1, 0.15) is 6.79 Å². The normalized spacial score (nSPS) is 11.7. The van der Waals surface area contributed by atoms with Gasteiger partial charge in [0, 0.05) is 35.0 Å². The number of carbonyl (C=O) groups excluding carboxylic acids is 1. The Morgan fingerprint density at radius 2 is 1.73 bits per heavy atom. The van der Waals surface area contributed by atoms with Crippen molar-refractivity contribution < 1.29 is 9.90 Å². The third-order valence-electron chi connectivity index (χ3n) is 4.50. The summed E-state index contributed by atoms with van der Waals surface area (Å²) < 4.78 is 0. The molecule has 0 amide bonds. The second kappa shape index (κ2) is 13.2. The van der Waals surface area contributed by atoms with E-state index in [0.717, 1.165) is 29.9 Å². The lowest BCUT2D eigenvalue weighted by Crippen LogP contribution is -1.97. The number of hydrogen-bond donors (Lipinski definition) is 3. The molecule has 1 aliphatic heterocycles. The van der Waals surface area contributed by atoms with E-state index in [-0.39, 0.29) is 0 Å². The first kappa shape index (κ1) is 28.5. The van der Waals surface area contributed by atoms with Crippen molar-refractivity contribution in [2.75, 3.05) is 23.6 Å². The highest BCUT2D eigenvalue weighted by Gasteiger charge is 2.12. The quantitative estimate of drug-likeness (QED) is 0.372. The van der Waals surface area contributed by atoms with Crippen LogP contribution in [0, 0.1) is 12.3 Å². The van der Waals surface area contributed by atoms with Crippen LogP contribution < -0.4 is 10.6 Å². The standard InChI is InChI=1S/C20H21N3S.C5H12.CH4O.CH2O/c1-12(2)15-10-18-16(8-13(15)3)17(6-7-21-18)23-14-4-5-20-19(9-14)22-11-24-20;1-5(2,3)4;2*1-2/h4-10,12,22H,11H2,1-3H3,(H,21,23);1-4H3;2H,1H3;1H2. The van der Waals surface area contributed by atoms with E-state index in [0.29, 0.717) is 11.3 Å². The van der Waals surface area contributed by atoms with Gasteiger partial charge in [-0.1, -0.05) is 41.5 Å². The fraction of sp³-hybridized carbons (Fsp3) is 0.407. The summed E-state index contributed by atoms with van der Waals surface area (Å²) >= 11 is 1.84. The Kier molecular flexibility index (Phi) is 11.4. The largest absolute Gasteiger partial charge is 0.400 e. The second-order valence-corrected chi connectivity index (χ2v) is 10.6. The van der Waals surface area contributed by atoms with Gasteiger partial charge in [0.15, 0.2) is 0 Å². The summed E-state index contributed by atoms with van der Waals surface area (Å²) in [7, 11) is 1.00. The molecule has 0 saturated heterocycles. The maximum absolute atomic E-state index is 8.00. The molecular weight excluding hydrogens is 430 g/mol. The first-order valence-electron chi connectivity index (χ1n) is 11.0. The Morgan fingerprint density at radius 1 is 1.09 bits per heavy atom. The van der Waals surface area contributed by atoms with Crippen LogP contribution in [0.2, 0.25) is 0 Å². The minimum atomic E-state index is 0.500. The van der Waals surface area contributed by atoms with Crippen LogP contribution in [0.25, 0.3) is 10.9 Å². The van der Waals surface area contributed by atoms with Crippen molar-refractivity contribution in [3.8, 4) is 0 Å². The molecule has 0 aliphatic carbocycles. The van der Waals surface area contributed by atoms with Crippen LogP contribution in [0.15, 0.2) is 47.5 Å². The molecule has 3 aromatic rings. The number of anilines is 3. The highest BCUT2D eigenvalue weighted by Crippen LogP contribution is 2.37. The molecule has 1 aromatic heterocycles. The van der Waals surface area contributed by atoms with E-state index in [1.165, 1.54) is 27.1 Å². The summed E-state index contributed by atoms with van der Waals surface area (Å²) in [5.74, 6) is 1.46. The van der Waals surface area contributed by atoms with E-state index in [9.17, 15) is 0 Å². The van der Waals surface area contributed by atoms with E-state index >= 15 is 0 Å². The zero-order valence-electron chi connectivity index (χ0n) is 21.2. The van der Waals surface area contributed by atoms with Crippen molar-refractivity contribution in [2.45, 2.75) is 59.3 Å². The molecule has 0 bridgehead atoms. The SMILES string of the molecule is C=O.CC(C)(C)C.CO.Cc1cc2c(Nc3ccc4c(c3)NCS4)ccnc2cc1C(C)C. The molecular formula is C27H39N3O2S. The molecule has 0 unspecified atom stereocenters. The molecule has 0 spiro atoms. The van der Waals surface area contributed by atoms with Gasteiger partial charge in [-0.15, -0.1) is 11.8 Å². The third-order valence-corrected chi connectivity index (χ3v) is 5.46. The summed E-state index contributed by atoms with van der Waals surface area (Å²) in [6.07, 6.45) is 1.88. The lowest BCUT2D eigenvalue weighted by Gasteiger charge is -2.14. The van der Waals surface area contributed by atoms with Crippen LogP contribution in [0.4, 0.5) is 17.1 Å². The molecule has 33 heavy (non-hydrogen) atoms.